The minimum Gasteiger partial charge on any atom is -0.256 e. The smallest absolute Gasteiger partial charge is 0.256 e. The molecule has 14 heteroatoms. The molecule has 0 saturated carbocycles. The second-order valence-corrected chi connectivity index (χ2v) is 7.71. The molecule has 0 spiro atoms. The second-order valence-electron chi connectivity index (χ2n) is 7.71. The predicted molar refractivity (Wildman–Crippen MR) is 114 cm³/mol. The molecule has 2 nitrogen and oxygen atoms in total. The van der Waals surface area contributed by atoms with Gasteiger partial charge in [0, 0.05) is 12.4 Å². The van der Waals surface area contributed by atoms with E-state index in [0.717, 1.165) is 12.4 Å². The number of hydrogen-bond donors (Lipinski definition) is 0. The standard InChI is InChI=1S/C24H12F12N2/c25-21(26,27)15-5-16(22(28,29)30)8-19(7-15)37-11-13-1-2-14(4-3-13)12-38-20-9-17(23(31,32)33)6-18(10-20)24(34,35)36/h1-12H. The van der Waals surface area contributed by atoms with Crippen LogP contribution < -0.4 is 0 Å². The van der Waals surface area contributed by atoms with Gasteiger partial charge in [-0.3, -0.25) is 9.98 Å². The van der Waals surface area contributed by atoms with Gasteiger partial charge in [0.1, 0.15) is 0 Å². The Bertz CT molecular complexity index is 1170. The van der Waals surface area contributed by atoms with Crippen molar-refractivity contribution in [2.75, 3.05) is 0 Å². The number of hydrogen-bond acceptors (Lipinski definition) is 2. The molecule has 0 N–H and O–H groups in total. The van der Waals surface area contributed by atoms with E-state index in [2.05, 4.69) is 9.98 Å². The highest BCUT2D eigenvalue weighted by Crippen LogP contribution is 2.39. The molecule has 0 aliphatic carbocycles. The number of halogens is 12. The molecule has 0 heterocycles. The molecule has 202 valence electrons. The summed E-state index contributed by atoms with van der Waals surface area (Å²) in [4.78, 5) is 7.28. The van der Waals surface area contributed by atoms with Crippen LogP contribution in [0.4, 0.5) is 64.1 Å². The van der Waals surface area contributed by atoms with Crippen LogP contribution in [0.5, 0.6) is 0 Å². The van der Waals surface area contributed by atoms with Gasteiger partial charge in [-0.25, -0.2) is 0 Å². The van der Waals surface area contributed by atoms with Crippen molar-refractivity contribution in [3.8, 4) is 0 Å². The molecule has 0 saturated heterocycles. The van der Waals surface area contributed by atoms with Gasteiger partial charge in [0.2, 0.25) is 0 Å². The summed E-state index contributed by atoms with van der Waals surface area (Å²) >= 11 is 0. The predicted octanol–water partition coefficient (Wildman–Crippen LogP) is 9.26. The van der Waals surface area contributed by atoms with Crippen molar-refractivity contribution in [2.24, 2.45) is 9.98 Å². The maximum atomic E-state index is 13.0. The van der Waals surface area contributed by atoms with E-state index in [1.54, 1.807) is 0 Å². The van der Waals surface area contributed by atoms with E-state index < -0.39 is 58.3 Å². The molecule has 3 rings (SSSR count). The van der Waals surface area contributed by atoms with Gasteiger partial charge < -0.3 is 0 Å². The average molecular weight is 556 g/mol. The fourth-order valence-corrected chi connectivity index (χ4v) is 2.99. The molecule has 0 amide bonds. The molecular formula is C24H12F12N2. The lowest BCUT2D eigenvalue weighted by molar-refractivity contribution is -0.144. The first kappa shape index (κ1) is 28.7. The lowest BCUT2D eigenvalue weighted by Crippen LogP contribution is -2.10. The monoisotopic (exact) mass is 556 g/mol. The minimum absolute atomic E-state index is 0.0464. The van der Waals surface area contributed by atoms with Crippen LogP contribution in [-0.2, 0) is 24.7 Å². The van der Waals surface area contributed by atoms with Crippen LogP contribution in [0.1, 0.15) is 33.4 Å². The van der Waals surface area contributed by atoms with Crippen LogP contribution in [0.15, 0.2) is 70.6 Å². The highest BCUT2D eigenvalue weighted by atomic mass is 19.4. The van der Waals surface area contributed by atoms with Gasteiger partial charge in [0.15, 0.2) is 0 Å². The SMILES string of the molecule is FC(F)(F)c1cc(N=Cc2ccc(C=Nc3cc(C(F)(F)F)cc(C(F)(F)F)c3)cc2)cc(C(F)(F)F)c1. The molecule has 0 aliphatic heterocycles. The van der Waals surface area contributed by atoms with E-state index in [0.29, 0.717) is 24.3 Å². The number of aliphatic imine (C=N–C) groups is 2. The summed E-state index contributed by atoms with van der Waals surface area (Å²) in [5, 5.41) is 0. The van der Waals surface area contributed by atoms with Crippen molar-refractivity contribution in [3.63, 3.8) is 0 Å². The topological polar surface area (TPSA) is 24.7 Å². The summed E-state index contributed by atoms with van der Waals surface area (Å²) < 4.78 is 155. The molecule has 38 heavy (non-hydrogen) atoms. The van der Waals surface area contributed by atoms with E-state index in [-0.39, 0.29) is 23.3 Å². The number of alkyl halides is 12. The normalized spacial score (nSPS) is 13.6. The largest absolute Gasteiger partial charge is 0.416 e. The highest BCUT2D eigenvalue weighted by molar-refractivity contribution is 5.86. The van der Waals surface area contributed by atoms with E-state index in [4.69, 9.17) is 0 Å². The maximum Gasteiger partial charge on any atom is 0.416 e. The Labute approximate surface area is 206 Å². The third-order valence-electron chi connectivity index (χ3n) is 4.81. The maximum absolute atomic E-state index is 13.0. The number of rotatable bonds is 4. The molecule has 0 unspecified atom stereocenters. The van der Waals surface area contributed by atoms with Crippen LogP contribution in [0.3, 0.4) is 0 Å². The Morgan fingerprint density at radius 3 is 0.842 bits per heavy atom. The zero-order chi connectivity index (χ0) is 28.5. The van der Waals surface area contributed by atoms with Gasteiger partial charge in [-0.2, -0.15) is 52.7 Å². The summed E-state index contributed by atoms with van der Waals surface area (Å²) in [6.07, 6.45) is -18.3. The fraction of sp³-hybridized carbons (Fsp3) is 0.167. The average Bonchev–Trinajstić information content (AvgIpc) is 2.79. The zero-order valence-electron chi connectivity index (χ0n) is 18.4. The molecular weight excluding hydrogens is 544 g/mol. The van der Waals surface area contributed by atoms with E-state index >= 15 is 0 Å². The first-order valence-corrected chi connectivity index (χ1v) is 10.1. The first-order chi connectivity index (χ1) is 17.3. The van der Waals surface area contributed by atoms with Crippen molar-refractivity contribution >= 4 is 23.8 Å². The Morgan fingerprint density at radius 2 is 0.632 bits per heavy atom. The van der Waals surface area contributed by atoms with Gasteiger partial charge in [-0.1, -0.05) is 24.3 Å². The zero-order valence-corrected chi connectivity index (χ0v) is 18.4. The van der Waals surface area contributed by atoms with Crippen molar-refractivity contribution in [3.05, 3.63) is 94.0 Å². The van der Waals surface area contributed by atoms with Crippen molar-refractivity contribution in [1.29, 1.82) is 0 Å². The van der Waals surface area contributed by atoms with Gasteiger partial charge in [0.25, 0.3) is 0 Å². The Kier molecular flexibility index (Phi) is 7.66. The number of nitrogens with zero attached hydrogens (tertiary/aromatic N) is 2. The third kappa shape index (κ3) is 7.59. The Hall–Kier alpha value is -3.84. The summed E-state index contributed by atoms with van der Waals surface area (Å²) in [7, 11) is 0. The van der Waals surface area contributed by atoms with Gasteiger partial charge in [-0.15, -0.1) is 0 Å². The highest BCUT2D eigenvalue weighted by Gasteiger charge is 2.38. The lowest BCUT2D eigenvalue weighted by atomic mass is 10.1. The lowest BCUT2D eigenvalue weighted by Gasteiger charge is -2.12. The molecule has 0 bridgehead atoms. The van der Waals surface area contributed by atoms with E-state index in [1.165, 1.54) is 24.3 Å². The molecule has 3 aromatic rings. The summed E-state index contributed by atoms with van der Waals surface area (Å²) in [5.74, 6) is 0. The second kappa shape index (κ2) is 10.1. The van der Waals surface area contributed by atoms with E-state index in [1.807, 2.05) is 0 Å². The molecule has 0 radical (unpaired) electrons. The Morgan fingerprint density at radius 1 is 0.395 bits per heavy atom. The van der Waals surface area contributed by atoms with Crippen LogP contribution in [0.2, 0.25) is 0 Å². The van der Waals surface area contributed by atoms with Crippen molar-refractivity contribution in [2.45, 2.75) is 24.7 Å². The summed E-state index contributed by atoms with van der Waals surface area (Å²) in [6.45, 7) is 0. The quantitative estimate of drug-likeness (QED) is 0.226. The number of benzene rings is 3. The van der Waals surface area contributed by atoms with Crippen LogP contribution in [0.25, 0.3) is 0 Å². The summed E-state index contributed by atoms with van der Waals surface area (Å²) in [6, 6.07) is 6.83. The van der Waals surface area contributed by atoms with Crippen molar-refractivity contribution < 1.29 is 52.7 Å². The van der Waals surface area contributed by atoms with Gasteiger partial charge in [0.05, 0.1) is 33.6 Å². The van der Waals surface area contributed by atoms with E-state index in [9.17, 15) is 52.7 Å². The van der Waals surface area contributed by atoms with Gasteiger partial charge in [-0.05, 0) is 47.5 Å². The first-order valence-electron chi connectivity index (χ1n) is 10.1. The molecule has 3 aromatic carbocycles. The van der Waals surface area contributed by atoms with Crippen LogP contribution in [0, 0.1) is 0 Å². The Balaban J connectivity index is 1.85. The van der Waals surface area contributed by atoms with Crippen molar-refractivity contribution in [1.82, 2.24) is 0 Å². The molecule has 0 atom stereocenters. The molecule has 0 fully saturated rings. The third-order valence-corrected chi connectivity index (χ3v) is 4.81. The van der Waals surface area contributed by atoms with Crippen LogP contribution >= 0.6 is 0 Å². The fourth-order valence-electron chi connectivity index (χ4n) is 2.99. The molecule has 0 aromatic heterocycles. The van der Waals surface area contributed by atoms with Crippen LogP contribution in [-0.4, -0.2) is 12.4 Å². The van der Waals surface area contributed by atoms with Gasteiger partial charge >= 0.3 is 24.7 Å². The molecule has 0 aliphatic rings. The minimum atomic E-state index is -5.05. The summed E-state index contributed by atoms with van der Waals surface area (Å²) in [5.41, 5.74) is -7.00.